The number of aliphatic hydroxyl groups is 1. The van der Waals surface area contributed by atoms with Crippen molar-refractivity contribution in [2.75, 3.05) is 11.4 Å². The van der Waals surface area contributed by atoms with E-state index in [1.165, 1.54) is 31.2 Å². The lowest BCUT2D eigenvalue weighted by molar-refractivity contribution is 0.281. The molecule has 2 rings (SSSR count). The maximum absolute atomic E-state index is 9.11. The Labute approximate surface area is 103 Å². The first kappa shape index (κ1) is 12.4. The van der Waals surface area contributed by atoms with Crippen LogP contribution in [0, 0.1) is 6.92 Å². The van der Waals surface area contributed by atoms with Gasteiger partial charge in [-0.3, -0.25) is 0 Å². The van der Waals surface area contributed by atoms with Crippen LogP contribution >= 0.6 is 0 Å². The summed E-state index contributed by atoms with van der Waals surface area (Å²) in [4.78, 5) is 6.95. The zero-order valence-electron chi connectivity index (χ0n) is 10.8. The molecule has 1 aliphatic heterocycles. The molecule has 1 aromatic heterocycles. The van der Waals surface area contributed by atoms with Crippen molar-refractivity contribution in [1.82, 2.24) is 4.98 Å². The maximum atomic E-state index is 9.11. The van der Waals surface area contributed by atoms with E-state index in [0.717, 1.165) is 17.9 Å². The lowest BCUT2D eigenvalue weighted by Crippen LogP contribution is -2.33. The van der Waals surface area contributed by atoms with Gasteiger partial charge >= 0.3 is 0 Å². The highest BCUT2D eigenvalue weighted by atomic mass is 16.3. The molecule has 0 aromatic carbocycles. The molecular weight excluding hydrogens is 212 g/mol. The second-order valence-corrected chi connectivity index (χ2v) is 5.03. The predicted molar refractivity (Wildman–Crippen MR) is 70.2 cm³/mol. The summed E-state index contributed by atoms with van der Waals surface area (Å²) in [6.07, 6.45) is 6.95. The second kappa shape index (κ2) is 5.50. The quantitative estimate of drug-likeness (QED) is 0.854. The number of aromatic nitrogens is 1. The molecule has 1 unspecified atom stereocenters. The van der Waals surface area contributed by atoms with Gasteiger partial charge in [0.05, 0.1) is 6.61 Å². The third kappa shape index (κ3) is 2.78. The summed E-state index contributed by atoms with van der Waals surface area (Å²) in [5.74, 6) is 1.09. The van der Waals surface area contributed by atoms with Gasteiger partial charge in [-0.25, -0.2) is 4.98 Å². The van der Waals surface area contributed by atoms with Gasteiger partial charge in [0.1, 0.15) is 5.82 Å². The molecule has 3 nitrogen and oxygen atoms in total. The Morgan fingerprint density at radius 3 is 2.94 bits per heavy atom. The summed E-state index contributed by atoms with van der Waals surface area (Å²) in [6.45, 7) is 5.54. The highest BCUT2D eigenvalue weighted by Gasteiger charge is 2.19. The molecule has 0 bridgehead atoms. The molecule has 94 valence electrons. The predicted octanol–water partition coefficient (Wildman–Crippen LogP) is 2.65. The molecular formula is C14H22N2O. The highest BCUT2D eigenvalue weighted by Crippen LogP contribution is 2.25. The number of hydrogen-bond donors (Lipinski definition) is 1. The van der Waals surface area contributed by atoms with Crippen molar-refractivity contribution in [2.24, 2.45) is 0 Å². The summed E-state index contributed by atoms with van der Waals surface area (Å²) in [5, 5.41) is 9.11. The number of aliphatic hydroxyl groups excluding tert-OH is 1. The first-order valence-electron chi connectivity index (χ1n) is 6.55. The van der Waals surface area contributed by atoms with Crippen molar-refractivity contribution in [3.8, 4) is 0 Å². The van der Waals surface area contributed by atoms with E-state index in [2.05, 4.69) is 23.7 Å². The van der Waals surface area contributed by atoms with E-state index in [1.54, 1.807) is 6.20 Å². The largest absolute Gasteiger partial charge is 0.392 e. The van der Waals surface area contributed by atoms with E-state index in [0.29, 0.717) is 6.04 Å². The van der Waals surface area contributed by atoms with E-state index in [4.69, 9.17) is 5.11 Å². The van der Waals surface area contributed by atoms with Gasteiger partial charge in [0.15, 0.2) is 0 Å². The molecule has 0 radical (unpaired) electrons. The van der Waals surface area contributed by atoms with Crippen LogP contribution < -0.4 is 4.90 Å². The summed E-state index contributed by atoms with van der Waals surface area (Å²) >= 11 is 0. The fraction of sp³-hybridized carbons (Fsp3) is 0.643. The summed E-state index contributed by atoms with van der Waals surface area (Å²) in [7, 11) is 0. The number of aryl methyl sites for hydroxylation is 1. The van der Waals surface area contributed by atoms with E-state index >= 15 is 0 Å². The standard InChI is InChI=1S/C14H22N2O/c1-11-8-13(10-17)9-15-14(11)16-7-5-3-4-6-12(16)2/h8-9,12,17H,3-7,10H2,1-2H3. The summed E-state index contributed by atoms with van der Waals surface area (Å²) < 4.78 is 0. The Hall–Kier alpha value is -1.09. The molecule has 0 amide bonds. The molecule has 1 aromatic rings. The Bertz CT molecular complexity index is 378. The van der Waals surface area contributed by atoms with E-state index in [9.17, 15) is 0 Å². The van der Waals surface area contributed by atoms with Crippen LogP contribution in [0.2, 0.25) is 0 Å². The maximum Gasteiger partial charge on any atom is 0.131 e. The first-order valence-corrected chi connectivity index (χ1v) is 6.55. The lowest BCUT2D eigenvalue weighted by atomic mass is 10.1. The lowest BCUT2D eigenvalue weighted by Gasteiger charge is -2.29. The molecule has 1 atom stereocenters. The van der Waals surface area contributed by atoms with Gasteiger partial charge in [-0.15, -0.1) is 0 Å². The third-order valence-corrected chi connectivity index (χ3v) is 3.61. The molecule has 3 heteroatoms. The molecule has 1 saturated heterocycles. The second-order valence-electron chi connectivity index (χ2n) is 5.03. The summed E-state index contributed by atoms with van der Waals surface area (Å²) in [5.41, 5.74) is 2.07. The smallest absolute Gasteiger partial charge is 0.131 e. The minimum absolute atomic E-state index is 0.0731. The molecule has 0 saturated carbocycles. The normalized spacial score (nSPS) is 21.4. The van der Waals surface area contributed by atoms with Gasteiger partial charge in [0.2, 0.25) is 0 Å². The van der Waals surface area contributed by atoms with E-state index in [-0.39, 0.29) is 6.61 Å². The van der Waals surface area contributed by atoms with Crippen LogP contribution in [-0.4, -0.2) is 22.7 Å². The van der Waals surface area contributed by atoms with Crippen molar-refractivity contribution >= 4 is 5.82 Å². The molecule has 1 fully saturated rings. The van der Waals surface area contributed by atoms with Gasteiger partial charge < -0.3 is 10.0 Å². The van der Waals surface area contributed by atoms with Crippen LogP contribution in [0.15, 0.2) is 12.3 Å². The number of rotatable bonds is 2. The van der Waals surface area contributed by atoms with E-state index < -0.39 is 0 Å². The summed E-state index contributed by atoms with van der Waals surface area (Å²) in [6, 6.07) is 2.61. The Morgan fingerprint density at radius 1 is 1.41 bits per heavy atom. The third-order valence-electron chi connectivity index (χ3n) is 3.61. The van der Waals surface area contributed by atoms with E-state index in [1.807, 2.05) is 6.07 Å². The topological polar surface area (TPSA) is 36.4 Å². The van der Waals surface area contributed by atoms with Crippen molar-refractivity contribution in [3.63, 3.8) is 0 Å². The monoisotopic (exact) mass is 234 g/mol. The Balaban J connectivity index is 2.25. The molecule has 1 aliphatic rings. The van der Waals surface area contributed by atoms with Crippen molar-refractivity contribution in [1.29, 1.82) is 0 Å². The number of pyridine rings is 1. The molecule has 2 heterocycles. The number of nitrogens with zero attached hydrogens (tertiary/aromatic N) is 2. The van der Waals surface area contributed by atoms with Crippen molar-refractivity contribution < 1.29 is 5.11 Å². The van der Waals surface area contributed by atoms with Crippen molar-refractivity contribution in [2.45, 2.75) is 52.2 Å². The average Bonchev–Trinajstić information content (AvgIpc) is 2.54. The van der Waals surface area contributed by atoms with Gasteiger partial charge in [-0.1, -0.05) is 12.8 Å². The average molecular weight is 234 g/mol. The van der Waals surface area contributed by atoms with Crippen LogP contribution in [0.25, 0.3) is 0 Å². The first-order chi connectivity index (χ1) is 8.22. The minimum Gasteiger partial charge on any atom is -0.392 e. The Kier molecular flexibility index (Phi) is 4.00. The van der Waals surface area contributed by atoms with Gasteiger partial charge in [-0.05, 0) is 43.9 Å². The highest BCUT2D eigenvalue weighted by molar-refractivity contribution is 5.48. The molecule has 0 spiro atoms. The fourth-order valence-corrected chi connectivity index (χ4v) is 2.60. The minimum atomic E-state index is 0.0731. The number of anilines is 1. The zero-order valence-corrected chi connectivity index (χ0v) is 10.8. The van der Waals surface area contributed by atoms with Crippen LogP contribution in [0.5, 0.6) is 0 Å². The molecule has 17 heavy (non-hydrogen) atoms. The SMILES string of the molecule is Cc1cc(CO)cnc1N1CCCCCC1C. The molecule has 1 N–H and O–H groups in total. The van der Waals surface area contributed by atoms with Gasteiger partial charge in [0.25, 0.3) is 0 Å². The Morgan fingerprint density at radius 2 is 2.24 bits per heavy atom. The zero-order chi connectivity index (χ0) is 12.3. The number of hydrogen-bond acceptors (Lipinski definition) is 3. The van der Waals surface area contributed by atoms with Gasteiger partial charge in [-0.2, -0.15) is 0 Å². The van der Waals surface area contributed by atoms with Crippen LogP contribution in [0.4, 0.5) is 5.82 Å². The molecule has 0 aliphatic carbocycles. The fourth-order valence-electron chi connectivity index (χ4n) is 2.60. The van der Waals surface area contributed by atoms with Crippen molar-refractivity contribution in [3.05, 3.63) is 23.4 Å². The van der Waals surface area contributed by atoms with Crippen LogP contribution in [-0.2, 0) is 6.61 Å². The van der Waals surface area contributed by atoms with Gasteiger partial charge in [0, 0.05) is 18.8 Å². The van der Waals surface area contributed by atoms with Crippen LogP contribution in [0.1, 0.15) is 43.7 Å². The van der Waals surface area contributed by atoms with Crippen LogP contribution in [0.3, 0.4) is 0 Å².